The lowest BCUT2D eigenvalue weighted by Gasteiger charge is -2.25. The van der Waals surface area contributed by atoms with Gasteiger partial charge >= 0.3 is 13.7 Å². The fraction of sp³-hybridized carbons (Fsp3) is 0.567. The summed E-state index contributed by atoms with van der Waals surface area (Å²) in [6, 6.07) is 9.37. The van der Waals surface area contributed by atoms with Crippen molar-refractivity contribution >= 4 is 30.6 Å². The molecular weight excluding hydrogens is 592 g/mol. The SMILES string of the molecule is CCC(CC)COC(=O)[C@H](C)NP(=O)(OC[C@H]1O[C@@H](n2ccc3c(NC4CC4)nc(C)nc32)[C@H](F)C1O)Oc1ccccc1. The van der Waals surface area contributed by atoms with Gasteiger partial charge in [-0.15, -0.1) is 0 Å². The van der Waals surface area contributed by atoms with Crippen LogP contribution in [0, 0.1) is 12.8 Å². The zero-order chi connectivity index (χ0) is 31.4. The topological polar surface area (TPSA) is 146 Å². The van der Waals surface area contributed by atoms with E-state index in [1.54, 1.807) is 49.5 Å². The number of esters is 1. The van der Waals surface area contributed by atoms with E-state index in [1.807, 2.05) is 13.8 Å². The predicted octanol–water partition coefficient (Wildman–Crippen LogP) is 5.07. The second kappa shape index (κ2) is 13.9. The van der Waals surface area contributed by atoms with Crippen LogP contribution in [0.15, 0.2) is 42.6 Å². The van der Waals surface area contributed by atoms with Gasteiger partial charge in [-0.1, -0.05) is 44.9 Å². The fourth-order valence-corrected chi connectivity index (χ4v) is 6.47. The van der Waals surface area contributed by atoms with Gasteiger partial charge in [0, 0.05) is 12.2 Å². The molecule has 2 unspecified atom stereocenters. The molecule has 12 nitrogen and oxygen atoms in total. The Balaban J connectivity index is 1.29. The highest BCUT2D eigenvalue weighted by molar-refractivity contribution is 7.52. The third-order valence-electron chi connectivity index (χ3n) is 7.87. The number of fused-ring (bicyclic) bond motifs is 1. The Labute approximate surface area is 256 Å². The van der Waals surface area contributed by atoms with Crippen LogP contribution in [-0.2, 0) is 23.4 Å². The minimum Gasteiger partial charge on any atom is -0.464 e. The monoisotopic (exact) mass is 633 g/mol. The van der Waals surface area contributed by atoms with E-state index in [2.05, 4.69) is 20.4 Å². The number of alkyl halides is 1. The van der Waals surface area contributed by atoms with Gasteiger partial charge in [0.2, 0.25) is 0 Å². The number of carbonyl (C=O) groups is 1. The Hall–Kier alpha value is -3.09. The molecule has 240 valence electrons. The first kappa shape index (κ1) is 32.3. The smallest absolute Gasteiger partial charge is 0.459 e. The van der Waals surface area contributed by atoms with Crippen LogP contribution < -0.4 is 14.9 Å². The Kier molecular flexibility index (Phi) is 10.2. The van der Waals surface area contributed by atoms with Gasteiger partial charge in [0.05, 0.1) is 18.6 Å². The summed E-state index contributed by atoms with van der Waals surface area (Å²) >= 11 is 0. The lowest BCUT2D eigenvalue weighted by Crippen LogP contribution is -2.37. The van der Waals surface area contributed by atoms with Crippen molar-refractivity contribution in [2.75, 3.05) is 18.5 Å². The maximum atomic E-state index is 15.5. The zero-order valence-electron chi connectivity index (χ0n) is 25.4. The molecule has 0 bridgehead atoms. The Morgan fingerprint density at radius 3 is 2.61 bits per heavy atom. The highest BCUT2D eigenvalue weighted by Crippen LogP contribution is 2.46. The van der Waals surface area contributed by atoms with E-state index in [1.165, 1.54) is 11.5 Å². The van der Waals surface area contributed by atoms with Crippen molar-refractivity contribution in [2.24, 2.45) is 5.92 Å². The average Bonchev–Trinajstić information content (AvgIpc) is 3.65. The molecule has 5 rings (SSSR count). The van der Waals surface area contributed by atoms with E-state index in [4.69, 9.17) is 18.5 Å². The number of aliphatic hydroxyl groups excluding tert-OH is 1. The molecule has 0 radical (unpaired) electrons. The van der Waals surface area contributed by atoms with E-state index < -0.39 is 51.0 Å². The molecule has 3 heterocycles. The normalized spacial score (nSPS) is 23.9. The standard InChI is InChI=1S/C30H41FN5O7P/c1-5-20(6-2)16-40-30(38)18(3)35-44(39,43-22-10-8-7-9-11-22)41-17-24-26(37)25(31)29(42-24)36-15-14-23-27(34-21-12-13-21)32-19(4)33-28(23)36/h7-11,14-15,18,20-21,24-26,29,37H,5-6,12-13,16-17H2,1-4H3,(H,35,39)(H,32,33,34)/t18-,24+,25+,26?,29+,44?/m0/s1. The number of ether oxygens (including phenoxy) is 2. The third kappa shape index (κ3) is 7.58. The number of hydrogen-bond donors (Lipinski definition) is 3. The van der Waals surface area contributed by atoms with E-state index in [9.17, 15) is 14.5 Å². The first-order valence-electron chi connectivity index (χ1n) is 15.1. The van der Waals surface area contributed by atoms with Gasteiger partial charge < -0.3 is 29.0 Å². The molecule has 14 heteroatoms. The number of carbonyl (C=O) groups excluding carboxylic acids is 1. The van der Waals surface area contributed by atoms with E-state index in [0.29, 0.717) is 28.7 Å². The van der Waals surface area contributed by atoms with Crippen LogP contribution in [0.25, 0.3) is 11.0 Å². The number of halogens is 1. The zero-order valence-corrected chi connectivity index (χ0v) is 26.3. The van der Waals surface area contributed by atoms with Crippen molar-refractivity contribution in [1.82, 2.24) is 19.6 Å². The minimum absolute atomic E-state index is 0.214. The number of rotatable bonds is 15. The van der Waals surface area contributed by atoms with E-state index in [0.717, 1.165) is 25.7 Å². The number of anilines is 1. The maximum absolute atomic E-state index is 15.5. The van der Waals surface area contributed by atoms with Gasteiger partial charge in [0.25, 0.3) is 0 Å². The Morgan fingerprint density at radius 1 is 1.20 bits per heavy atom. The number of aromatic nitrogens is 3. The molecule has 2 fully saturated rings. The third-order valence-corrected chi connectivity index (χ3v) is 9.51. The highest BCUT2D eigenvalue weighted by atomic mass is 31.2. The molecule has 1 aliphatic carbocycles. The molecule has 44 heavy (non-hydrogen) atoms. The predicted molar refractivity (Wildman–Crippen MR) is 162 cm³/mol. The molecule has 3 N–H and O–H groups in total. The van der Waals surface area contributed by atoms with Crippen LogP contribution in [-0.4, -0.2) is 69.3 Å². The first-order valence-corrected chi connectivity index (χ1v) is 16.7. The summed E-state index contributed by atoms with van der Waals surface area (Å²) in [5.41, 5.74) is 0.461. The molecule has 2 aliphatic rings. The van der Waals surface area contributed by atoms with Crippen molar-refractivity contribution in [3.8, 4) is 5.75 Å². The number of hydrogen-bond acceptors (Lipinski definition) is 10. The number of benzene rings is 1. The van der Waals surface area contributed by atoms with Crippen LogP contribution in [0.5, 0.6) is 5.75 Å². The highest BCUT2D eigenvalue weighted by Gasteiger charge is 2.47. The van der Waals surface area contributed by atoms with Gasteiger partial charge in [-0.2, -0.15) is 5.09 Å². The number of nitrogens with zero attached hydrogens (tertiary/aromatic N) is 3. The van der Waals surface area contributed by atoms with Gasteiger partial charge in [-0.25, -0.2) is 18.9 Å². The average molecular weight is 634 g/mol. The largest absolute Gasteiger partial charge is 0.464 e. The summed E-state index contributed by atoms with van der Waals surface area (Å²) in [4.78, 5) is 21.7. The van der Waals surface area contributed by atoms with Crippen LogP contribution in [0.2, 0.25) is 0 Å². The molecule has 1 saturated heterocycles. The summed E-state index contributed by atoms with van der Waals surface area (Å²) in [5, 5.41) is 17.5. The van der Waals surface area contributed by atoms with Crippen LogP contribution >= 0.6 is 7.75 Å². The molecule has 6 atom stereocenters. The van der Waals surface area contributed by atoms with Gasteiger partial charge in [-0.05, 0) is 50.8 Å². The number of para-hydroxylation sites is 1. The summed E-state index contributed by atoms with van der Waals surface area (Å²) in [6.45, 7) is 7.02. The van der Waals surface area contributed by atoms with Crippen molar-refractivity contribution in [3.05, 3.63) is 48.4 Å². The summed E-state index contributed by atoms with van der Waals surface area (Å²) in [7, 11) is -4.25. The number of aryl methyl sites for hydroxylation is 1. The molecular formula is C30H41FN5O7P. The fourth-order valence-electron chi connectivity index (χ4n) is 4.96. The number of aliphatic hydroxyl groups is 1. The minimum atomic E-state index is -4.25. The molecule has 1 saturated carbocycles. The molecule has 3 aromatic rings. The van der Waals surface area contributed by atoms with Crippen molar-refractivity contribution in [2.45, 2.75) is 90.1 Å². The summed E-state index contributed by atoms with van der Waals surface area (Å²) in [5.74, 6) is 0.990. The second-order valence-electron chi connectivity index (χ2n) is 11.4. The second-order valence-corrected chi connectivity index (χ2v) is 13.1. The molecule has 0 amide bonds. The summed E-state index contributed by atoms with van der Waals surface area (Å²) < 4.78 is 53.7. The Bertz CT molecular complexity index is 1470. The van der Waals surface area contributed by atoms with Gasteiger partial charge in [0.15, 0.2) is 12.4 Å². The van der Waals surface area contributed by atoms with Crippen molar-refractivity contribution in [3.63, 3.8) is 0 Å². The van der Waals surface area contributed by atoms with Gasteiger partial charge in [-0.3, -0.25) is 9.32 Å². The Morgan fingerprint density at radius 2 is 1.93 bits per heavy atom. The quantitative estimate of drug-likeness (QED) is 0.152. The van der Waals surface area contributed by atoms with Crippen LogP contribution in [0.4, 0.5) is 10.2 Å². The lowest BCUT2D eigenvalue weighted by atomic mass is 10.1. The van der Waals surface area contributed by atoms with Crippen LogP contribution in [0.1, 0.15) is 58.5 Å². The lowest BCUT2D eigenvalue weighted by molar-refractivity contribution is -0.146. The molecule has 2 aromatic heterocycles. The summed E-state index contributed by atoms with van der Waals surface area (Å²) in [6.07, 6.45) is -0.392. The van der Waals surface area contributed by atoms with Crippen molar-refractivity contribution in [1.29, 1.82) is 0 Å². The van der Waals surface area contributed by atoms with Crippen molar-refractivity contribution < 1.29 is 37.4 Å². The van der Waals surface area contributed by atoms with Gasteiger partial charge in [0.1, 0.15) is 41.3 Å². The van der Waals surface area contributed by atoms with Crippen LogP contribution in [0.3, 0.4) is 0 Å². The first-order chi connectivity index (χ1) is 21.1. The molecule has 0 spiro atoms. The molecule has 1 aromatic carbocycles. The molecule has 1 aliphatic heterocycles. The van der Waals surface area contributed by atoms with E-state index >= 15 is 4.39 Å². The number of nitrogens with one attached hydrogen (secondary N) is 2. The maximum Gasteiger partial charge on any atom is 0.459 e. The van der Waals surface area contributed by atoms with E-state index in [-0.39, 0.29) is 18.3 Å².